The summed E-state index contributed by atoms with van der Waals surface area (Å²) in [7, 11) is 0. The maximum atomic E-state index is 12.3. The number of halogens is 2. The number of thiophene rings is 1. The lowest BCUT2D eigenvalue weighted by Gasteiger charge is -2.08. The molecule has 0 aliphatic rings. The molecule has 5 rings (SSSR count). The van der Waals surface area contributed by atoms with E-state index in [2.05, 4.69) is 9.97 Å². The normalized spacial score (nSPS) is 11.4. The van der Waals surface area contributed by atoms with Gasteiger partial charge in [-0.1, -0.05) is 47.5 Å². The van der Waals surface area contributed by atoms with Crippen LogP contribution in [0.1, 0.15) is 0 Å². The van der Waals surface area contributed by atoms with Crippen molar-refractivity contribution in [2.24, 2.45) is 0 Å². The molecule has 0 atom stereocenters. The molecule has 0 saturated carbocycles. The summed E-state index contributed by atoms with van der Waals surface area (Å²) in [6, 6.07) is 17.2. The van der Waals surface area contributed by atoms with Gasteiger partial charge in [-0.25, -0.2) is 9.97 Å². The molecule has 28 heavy (non-hydrogen) atoms. The molecule has 0 fully saturated rings. The fraction of sp³-hybridized carbons (Fsp3) is 0. The van der Waals surface area contributed by atoms with Gasteiger partial charge in [-0.2, -0.15) is 0 Å². The molecule has 7 heteroatoms. The molecule has 0 spiro atoms. The monoisotopic (exact) mass is 423 g/mol. The molecule has 4 nitrogen and oxygen atoms in total. The van der Waals surface area contributed by atoms with Crippen LogP contribution in [-0.2, 0) is 0 Å². The lowest BCUT2D eigenvalue weighted by molar-refractivity contribution is 1.18. The summed E-state index contributed by atoms with van der Waals surface area (Å²) in [6.45, 7) is 0. The third-order valence-corrected chi connectivity index (χ3v) is 6.10. The second-order valence-corrected chi connectivity index (χ2v) is 8.13. The van der Waals surface area contributed by atoms with E-state index in [4.69, 9.17) is 28.2 Å². The summed E-state index contributed by atoms with van der Waals surface area (Å²) < 4.78 is 0.563. The highest BCUT2D eigenvalue weighted by molar-refractivity contribution is 7.25. The first kappa shape index (κ1) is 17.4. The molecule has 1 N–H and O–H groups in total. The molecular weight excluding hydrogens is 413 g/mol. The zero-order valence-electron chi connectivity index (χ0n) is 14.2. The SMILES string of the molecule is O=c1[nH]cnc2c1sc1nc(-c3ccc(Cl)cc3)cc(-c3ccc(Cl)cc3)c12. The maximum Gasteiger partial charge on any atom is 0.268 e. The summed E-state index contributed by atoms with van der Waals surface area (Å²) in [5.74, 6) is 0. The average Bonchev–Trinajstić information content (AvgIpc) is 3.09. The summed E-state index contributed by atoms with van der Waals surface area (Å²) in [6.07, 6.45) is 1.43. The van der Waals surface area contributed by atoms with E-state index in [0.29, 0.717) is 20.3 Å². The van der Waals surface area contributed by atoms with Crippen molar-refractivity contribution < 1.29 is 0 Å². The summed E-state index contributed by atoms with van der Waals surface area (Å²) >= 11 is 13.4. The molecule has 2 aromatic carbocycles. The second-order valence-electron chi connectivity index (χ2n) is 6.26. The number of benzene rings is 2. The molecule has 0 radical (unpaired) electrons. The lowest BCUT2D eigenvalue weighted by Crippen LogP contribution is -2.03. The van der Waals surface area contributed by atoms with E-state index in [0.717, 1.165) is 32.6 Å². The second kappa shape index (κ2) is 6.71. The van der Waals surface area contributed by atoms with E-state index in [1.807, 2.05) is 54.6 Å². The van der Waals surface area contributed by atoms with Crippen molar-refractivity contribution in [1.82, 2.24) is 15.0 Å². The largest absolute Gasteiger partial charge is 0.312 e. The number of hydrogen-bond acceptors (Lipinski definition) is 4. The Morgan fingerprint density at radius 2 is 1.54 bits per heavy atom. The Bertz CT molecular complexity index is 1390. The highest BCUT2D eigenvalue weighted by atomic mass is 35.5. The van der Waals surface area contributed by atoms with Crippen LogP contribution in [-0.4, -0.2) is 15.0 Å². The highest BCUT2D eigenvalue weighted by Crippen LogP contribution is 2.39. The van der Waals surface area contributed by atoms with Gasteiger partial charge < -0.3 is 4.98 Å². The maximum absolute atomic E-state index is 12.3. The quantitative estimate of drug-likeness (QED) is 0.369. The Balaban J connectivity index is 1.88. The fourth-order valence-electron chi connectivity index (χ4n) is 3.21. The van der Waals surface area contributed by atoms with Gasteiger partial charge in [0.2, 0.25) is 0 Å². The molecule has 0 aliphatic heterocycles. The van der Waals surface area contributed by atoms with Gasteiger partial charge in [0.05, 0.1) is 17.5 Å². The first-order valence-electron chi connectivity index (χ1n) is 8.43. The molecule has 3 aromatic heterocycles. The van der Waals surface area contributed by atoms with Crippen LogP contribution in [0.25, 0.3) is 42.8 Å². The molecule has 0 bridgehead atoms. The highest BCUT2D eigenvalue weighted by Gasteiger charge is 2.17. The Kier molecular flexibility index (Phi) is 4.16. The van der Waals surface area contributed by atoms with Gasteiger partial charge in [0, 0.05) is 21.0 Å². The van der Waals surface area contributed by atoms with Crippen LogP contribution in [0.15, 0.2) is 65.7 Å². The Morgan fingerprint density at radius 3 is 2.21 bits per heavy atom. The molecule has 0 unspecified atom stereocenters. The third-order valence-electron chi connectivity index (χ3n) is 4.53. The van der Waals surface area contributed by atoms with E-state index in [1.54, 1.807) is 0 Å². The van der Waals surface area contributed by atoms with Crippen LogP contribution in [0, 0.1) is 0 Å². The average molecular weight is 424 g/mol. The van der Waals surface area contributed by atoms with Gasteiger partial charge in [0.25, 0.3) is 5.56 Å². The number of H-pyrrole nitrogens is 1. The molecular formula is C21H11Cl2N3OS. The smallest absolute Gasteiger partial charge is 0.268 e. The lowest BCUT2D eigenvalue weighted by atomic mass is 10.00. The zero-order chi connectivity index (χ0) is 19.3. The topological polar surface area (TPSA) is 58.6 Å². The Hall–Kier alpha value is -2.73. The summed E-state index contributed by atoms with van der Waals surface area (Å²) in [5, 5.41) is 2.20. The van der Waals surface area contributed by atoms with Crippen molar-refractivity contribution in [1.29, 1.82) is 0 Å². The van der Waals surface area contributed by atoms with Crippen molar-refractivity contribution in [3.63, 3.8) is 0 Å². The van der Waals surface area contributed by atoms with E-state index in [-0.39, 0.29) is 5.56 Å². The number of nitrogens with one attached hydrogen (secondary N) is 1. The third kappa shape index (κ3) is 2.88. The summed E-state index contributed by atoms with van der Waals surface area (Å²) in [5.41, 5.74) is 4.18. The number of aromatic nitrogens is 3. The van der Waals surface area contributed by atoms with Gasteiger partial charge in [-0.3, -0.25) is 4.79 Å². The van der Waals surface area contributed by atoms with E-state index in [1.165, 1.54) is 17.7 Å². The first-order valence-corrected chi connectivity index (χ1v) is 10.0. The molecule has 3 heterocycles. The van der Waals surface area contributed by atoms with Crippen molar-refractivity contribution in [3.8, 4) is 22.4 Å². The van der Waals surface area contributed by atoms with Crippen molar-refractivity contribution in [3.05, 3.63) is 81.3 Å². The van der Waals surface area contributed by atoms with Crippen LogP contribution in [0.3, 0.4) is 0 Å². The number of rotatable bonds is 2. The predicted molar refractivity (Wildman–Crippen MR) is 116 cm³/mol. The standard InChI is InChI=1S/C21H11Cl2N3OS/c22-13-5-1-11(2-6-13)15-9-16(12-3-7-14(23)8-4-12)26-21-17(15)18-19(28-21)20(27)25-10-24-18/h1-10H,(H,24,25,27). The molecule has 0 aliphatic carbocycles. The van der Waals surface area contributed by atoms with Gasteiger partial charge in [0.1, 0.15) is 9.53 Å². The number of pyridine rings is 1. The van der Waals surface area contributed by atoms with Crippen LogP contribution in [0.4, 0.5) is 0 Å². The minimum absolute atomic E-state index is 0.164. The molecule has 136 valence electrons. The van der Waals surface area contributed by atoms with Crippen molar-refractivity contribution in [2.75, 3.05) is 0 Å². The van der Waals surface area contributed by atoms with E-state index in [9.17, 15) is 4.79 Å². The van der Waals surface area contributed by atoms with Gasteiger partial charge in [0.15, 0.2) is 0 Å². The number of fused-ring (bicyclic) bond motifs is 3. The molecule has 5 aromatic rings. The van der Waals surface area contributed by atoms with E-state index < -0.39 is 0 Å². The molecule has 0 saturated heterocycles. The van der Waals surface area contributed by atoms with Crippen molar-refractivity contribution >= 4 is 55.0 Å². The Labute approximate surface area is 173 Å². The minimum atomic E-state index is -0.164. The molecule has 0 amide bonds. The van der Waals surface area contributed by atoms with E-state index >= 15 is 0 Å². The number of aromatic amines is 1. The summed E-state index contributed by atoms with van der Waals surface area (Å²) in [4.78, 5) is 24.9. The predicted octanol–water partition coefficient (Wildman–Crippen LogP) is 6.17. The van der Waals surface area contributed by atoms with Crippen LogP contribution >= 0.6 is 34.5 Å². The zero-order valence-corrected chi connectivity index (χ0v) is 16.6. The van der Waals surface area contributed by atoms with Gasteiger partial charge in [-0.05, 0) is 41.5 Å². The number of nitrogens with zero attached hydrogens (tertiary/aromatic N) is 2. The fourth-order valence-corrected chi connectivity index (χ4v) is 4.51. The van der Waals surface area contributed by atoms with Crippen LogP contribution < -0.4 is 5.56 Å². The first-order chi connectivity index (χ1) is 13.6. The number of hydrogen-bond donors (Lipinski definition) is 1. The van der Waals surface area contributed by atoms with Crippen molar-refractivity contribution in [2.45, 2.75) is 0 Å². The van der Waals surface area contributed by atoms with Crippen LogP contribution in [0.2, 0.25) is 10.0 Å². The van der Waals surface area contributed by atoms with Crippen LogP contribution in [0.5, 0.6) is 0 Å². The van der Waals surface area contributed by atoms with Gasteiger partial charge >= 0.3 is 0 Å². The van der Waals surface area contributed by atoms with Gasteiger partial charge in [-0.15, -0.1) is 11.3 Å². The minimum Gasteiger partial charge on any atom is -0.312 e. The Morgan fingerprint density at radius 1 is 0.893 bits per heavy atom.